The van der Waals surface area contributed by atoms with Crippen molar-refractivity contribution < 1.29 is 8.42 Å². The van der Waals surface area contributed by atoms with E-state index in [4.69, 9.17) is 11.6 Å². The van der Waals surface area contributed by atoms with Crippen LogP contribution in [-0.4, -0.2) is 51.6 Å². The molecule has 4 nitrogen and oxygen atoms in total. The largest absolute Gasteiger partial charge is 0.305 e. The van der Waals surface area contributed by atoms with Gasteiger partial charge in [0.25, 0.3) is 0 Å². The van der Waals surface area contributed by atoms with E-state index in [0.29, 0.717) is 18.8 Å². The van der Waals surface area contributed by atoms with Gasteiger partial charge in [-0.05, 0) is 26.4 Å². The maximum atomic E-state index is 11.4. The number of sulfonamides is 1. The molecular weight excluding hydrogens is 236 g/mol. The van der Waals surface area contributed by atoms with Crippen LogP contribution in [0.25, 0.3) is 0 Å². The van der Waals surface area contributed by atoms with Crippen LogP contribution in [0.3, 0.4) is 0 Å². The average Bonchev–Trinajstić information content (AvgIpc) is 2.17. The van der Waals surface area contributed by atoms with Crippen LogP contribution in [-0.2, 0) is 10.0 Å². The number of alkyl halides is 1. The fourth-order valence-corrected chi connectivity index (χ4v) is 2.33. The molecule has 0 aliphatic heterocycles. The zero-order valence-electron chi connectivity index (χ0n) is 9.50. The van der Waals surface area contributed by atoms with Crippen molar-refractivity contribution in [2.75, 3.05) is 38.3 Å². The lowest BCUT2D eigenvalue weighted by Gasteiger charge is -2.13. The van der Waals surface area contributed by atoms with Crippen LogP contribution < -0.4 is 4.72 Å². The third kappa shape index (κ3) is 9.11. The van der Waals surface area contributed by atoms with Crippen molar-refractivity contribution in [3.8, 4) is 0 Å². The third-order valence-electron chi connectivity index (χ3n) is 2.15. The van der Waals surface area contributed by atoms with E-state index in [1.807, 2.05) is 14.0 Å². The molecule has 0 aromatic heterocycles. The molecule has 15 heavy (non-hydrogen) atoms. The summed E-state index contributed by atoms with van der Waals surface area (Å²) in [5.74, 6) is 0.698. The highest BCUT2D eigenvalue weighted by Gasteiger charge is 2.08. The van der Waals surface area contributed by atoms with E-state index in [1.54, 1.807) is 0 Å². The van der Waals surface area contributed by atoms with E-state index >= 15 is 0 Å². The first-order chi connectivity index (χ1) is 7.02. The summed E-state index contributed by atoms with van der Waals surface area (Å²) in [6.45, 7) is 4.18. The lowest BCUT2D eigenvalue weighted by Crippen LogP contribution is -2.34. The lowest BCUT2D eigenvalue weighted by atomic mass is 10.4. The smallest absolute Gasteiger partial charge is 0.211 e. The molecule has 0 unspecified atom stereocenters. The minimum absolute atomic E-state index is 0.176. The molecule has 0 atom stereocenters. The van der Waals surface area contributed by atoms with Gasteiger partial charge in [-0.1, -0.05) is 6.92 Å². The number of nitrogens with one attached hydrogen (secondary N) is 1. The highest BCUT2D eigenvalue weighted by Crippen LogP contribution is 1.96. The van der Waals surface area contributed by atoms with Gasteiger partial charge in [-0.25, -0.2) is 13.1 Å². The van der Waals surface area contributed by atoms with Crippen LogP contribution >= 0.6 is 11.6 Å². The molecule has 0 amide bonds. The first-order valence-corrected chi connectivity index (χ1v) is 7.42. The monoisotopic (exact) mass is 256 g/mol. The minimum atomic E-state index is -3.09. The van der Waals surface area contributed by atoms with E-state index in [9.17, 15) is 8.42 Å². The van der Waals surface area contributed by atoms with Gasteiger partial charge in [-0.15, -0.1) is 11.6 Å². The second-order valence-electron chi connectivity index (χ2n) is 3.51. The average molecular weight is 257 g/mol. The second kappa shape index (κ2) is 8.33. The van der Waals surface area contributed by atoms with Crippen LogP contribution in [0.15, 0.2) is 0 Å². The summed E-state index contributed by atoms with van der Waals surface area (Å²) in [7, 11) is -1.13. The maximum absolute atomic E-state index is 11.4. The Bertz CT molecular complexity index is 244. The van der Waals surface area contributed by atoms with Crippen LogP contribution in [0.5, 0.6) is 0 Å². The van der Waals surface area contributed by atoms with Crippen molar-refractivity contribution in [2.45, 2.75) is 19.8 Å². The predicted octanol–water partition coefficient (Wildman–Crippen LogP) is 0.876. The standard InChI is InChI=1S/C9H21ClN2O2S/c1-3-12(2)8-7-11-15(13,14)9-5-4-6-10/h11H,3-9H2,1-2H3. The number of nitrogens with zero attached hydrogens (tertiary/aromatic N) is 1. The molecule has 1 N–H and O–H groups in total. The SMILES string of the molecule is CCN(C)CCNS(=O)(=O)CCCCCl. The van der Waals surface area contributed by atoms with Gasteiger partial charge in [0.2, 0.25) is 10.0 Å². The Morgan fingerprint density at radius 2 is 2.00 bits per heavy atom. The van der Waals surface area contributed by atoms with Gasteiger partial charge in [0.15, 0.2) is 0 Å². The molecule has 92 valence electrons. The zero-order chi connectivity index (χ0) is 11.7. The van der Waals surface area contributed by atoms with Crippen molar-refractivity contribution in [3.63, 3.8) is 0 Å². The summed E-state index contributed by atoms with van der Waals surface area (Å²) in [4.78, 5) is 2.06. The van der Waals surface area contributed by atoms with E-state index in [1.165, 1.54) is 0 Å². The number of unbranched alkanes of at least 4 members (excludes halogenated alkanes) is 1. The van der Waals surface area contributed by atoms with Crippen LogP contribution in [0.4, 0.5) is 0 Å². The van der Waals surface area contributed by atoms with Gasteiger partial charge in [0, 0.05) is 19.0 Å². The number of likely N-dealkylation sites (N-methyl/N-ethyl adjacent to an activating group) is 1. The van der Waals surface area contributed by atoms with Gasteiger partial charge in [-0.3, -0.25) is 0 Å². The van der Waals surface area contributed by atoms with Crippen molar-refractivity contribution >= 4 is 21.6 Å². The van der Waals surface area contributed by atoms with Gasteiger partial charge >= 0.3 is 0 Å². The first-order valence-electron chi connectivity index (χ1n) is 5.23. The fourth-order valence-electron chi connectivity index (χ4n) is 1.01. The summed E-state index contributed by atoms with van der Waals surface area (Å²) in [6.07, 6.45) is 1.37. The Kier molecular flexibility index (Phi) is 8.42. The Balaban J connectivity index is 3.65. The molecule has 0 rings (SSSR count). The molecule has 0 fully saturated rings. The Morgan fingerprint density at radius 3 is 2.53 bits per heavy atom. The van der Waals surface area contributed by atoms with E-state index in [0.717, 1.165) is 19.5 Å². The normalized spacial score (nSPS) is 12.3. The predicted molar refractivity (Wildman–Crippen MR) is 64.9 cm³/mol. The number of rotatable bonds is 9. The quantitative estimate of drug-likeness (QED) is 0.492. The molecule has 0 bridgehead atoms. The topological polar surface area (TPSA) is 49.4 Å². The molecule has 0 aromatic carbocycles. The molecule has 0 saturated carbocycles. The molecule has 0 aromatic rings. The van der Waals surface area contributed by atoms with Crippen molar-refractivity contribution in [2.24, 2.45) is 0 Å². The summed E-state index contributed by atoms with van der Waals surface area (Å²) in [5, 5.41) is 0. The molecule has 0 aliphatic rings. The van der Waals surface area contributed by atoms with Crippen molar-refractivity contribution in [1.29, 1.82) is 0 Å². The molecule has 0 radical (unpaired) electrons. The number of halogens is 1. The van der Waals surface area contributed by atoms with E-state index in [2.05, 4.69) is 9.62 Å². The Hall–Kier alpha value is 0.160. The summed E-state index contributed by atoms with van der Waals surface area (Å²) < 4.78 is 25.4. The van der Waals surface area contributed by atoms with Gasteiger partial charge in [0.1, 0.15) is 0 Å². The number of hydrogen-bond donors (Lipinski definition) is 1. The second-order valence-corrected chi connectivity index (χ2v) is 5.81. The first kappa shape index (κ1) is 15.2. The van der Waals surface area contributed by atoms with Crippen molar-refractivity contribution in [1.82, 2.24) is 9.62 Å². The Labute approximate surface area is 98.0 Å². The molecular formula is C9H21ClN2O2S. The van der Waals surface area contributed by atoms with Crippen LogP contribution in [0, 0.1) is 0 Å². The highest BCUT2D eigenvalue weighted by molar-refractivity contribution is 7.89. The van der Waals surface area contributed by atoms with Gasteiger partial charge in [0.05, 0.1) is 5.75 Å². The fraction of sp³-hybridized carbons (Fsp3) is 1.00. The van der Waals surface area contributed by atoms with Gasteiger partial charge in [-0.2, -0.15) is 0 Å². The minimum Gasteiger partial charge on any atom is -0.305 e. The van der Waals surface area contributed by atoms with Gasteiger partial charge < -0.3 is 4.90 Å². The van der Waals surface area contributed by atoms with Crippen LogP contribution in [0.1, 0.15) is 19.8 Å². The third-order valence-corrected chi connectivity index (χ3v) is 3.89. The molecule has 0 heterocycles. The van der Waals surface area contributed by atoms with Crippen molar-refractivity contribution in [3.05, 3.63) is 0 Å². The van der Waals surface area contributed by atoms with E-state index < -0.39 is 10.0 Å². The number of hydrogen-bond acceptors (Lipinski definition) is 3. The summed E-state index contributed by atoms with van der Waals surface area (Å²) in [5.41, 5.74) is 0. The Morgan fingerprint density at radius 1 is 1.33 bits per heavy atom. The lowest BCUT2D eigenvalue weighted by molar-refractivity contribution is 0.358. The van der Waals surface area contributed by atoms with Crippen LogP contribution in [0.2, 0.25) is 0 Å². The van der Waals surface area contributed by atoms with E-state index in [-0.39, 0.29) is 5.75 Å². The summed E-state index contributed by atoms with van der Waals surface area (Å²) in [6, 6.07) is 0. The maximum Gasteiger partial charge on any atom is 0.211 e. The molecule has 0 saturated heterocycles. The zero-order valence-corrected chi connectivity index (χ0v) is 11.1. The molecule has 6 heteroatoms. The summed E-state index contributed by atoms with van der Waals surface area (Å²) >= 11 is 5.47. The highest BCUT2D eigenvalue weighted by atomic mass is 35.5. The molecule has 0 aliphatic carbocycles. The molecule has 0 spiro atoms.